The minimum Gasteiger partial charge on any atom is -0.508 e. The maximum absolute atomic E-state index is 11.0. The van der Waals surface area contributed by atoms with Gasteiger partial charge >= 0.3 is 0 Å². The van der Waals surface area contributed by atoms with E-state index in [4.69, 9.17) is 9.84 Å². The van der Waals surface area contributed by atoms with Crippen LogP contribution in [-0.2, 0) is 22.4 Å². The summed E-state index contributed by atoms with van der Waals surface area (Å²) in [5, 5.41) is 9.12. The van der Waals surface area contributed by atoms with Crippen molar-refractivity contribution >= 4 is 43.4 Å². The summed E-state index contributed by atoms with van der Waals surface area (Å²) in [5.41, 5.74) is 1.80. The number of carbonyl (C=O) groups is 2. The first-order chi connectivity index (χ1) is 12.2. The van der Waals surface area contributed by atoms with Crippen molar-refractivity contribution in [3.63, 3.8) is 0 Å². The number of phenols is 1. The molecule has 0 aliphatic heterocycles. The average Bonchev–Trinajstić information content (AvgIpc) is 2.54. The van der Waals surface area contributed by atoms with Crippen LogP contribution in [0.1, 0.15) is 31.9 Å². The molecular formula is C20H22Br2O4. The molecule has 0 aliphatic carbocycles. The first-order valence-corrected chi connectivity index (χ1v) is 9.69. The number of rotatable bonds is 6. The van der Waals surface area contributed by atoms with Gasteiger partial charge in [-0.25, -0.2) is 0 Å². The molecule has 2 aromatic carbocycles. The summed E-state index contributed by atoms with van der Waals surface area (Å²) >= 11 is 6.70. The molecule has 0 atom stereocenters. The Morgan fingerprint density at radius 1 is 0.923 bits per heavy atom. The quantitative estimate of drug-likeness (QED) is 0.605. The Morgan fingerprint density at radius 3 is 1.92 bits per heavy atom. The summed E-state index contributed by atoms with van der Waals surface area (Å²) in [7, 11) is 0. The fourth-order valence-electron chi connectivity index (χ4n) is 2.18. The Morgan fingerprint density at radius 2 is 1.42 bits per heavy atom. The second kappa shape index (κ2) is 11.1. The van der Waals surface area contributed by atoms with Gasteiger partial charge in [0, 0.05) is 21.8 Å². The molecule has 140 valence electrons. The lowest BCUT2D eigenvalue weighted by molar-refractivity contribution is -0.117. The number of aromatic hydroxyl groups is 1. The van der Waals surface area contributed by atoms with Gasteiger partial charge in [-0.15, -0.1) is 0 Å². The zero-order chi connectivity index (χ0) is 19.7. The van der Waals surface area contributed by atoms with E-state index < -0.39 is 0 Å². The van der Waals surface area contributed by atoms with E-state index in [0.29, 0.717) is 19.4 Å². The second-order valence-electron chi connectivity index (χ2n) is 5.72. The molecule has 0 radical (unpaired) electrons. The molecule has 0 bridgehead atoms. The van der Waals surface area contributed by atoms with E-state index in [1.54, 1.807) is 25.1 Å². The minimum atomic E-state index is 0.0845. The molecule has 0 unspecified atom stereocenters. The average molecular weight is 486 g/mol. The predicted molar refractivity (Wildman–Crippen MR) is 110 cm³/mol. The van der Waals surface area contributed by atoms with Gasteiger partial charge in [0.25, 0.3) is 0 Å². The first kappa shape index (κ1) is 22.4. The summed E-state index contributed by atoms with van der Waals surface area (Å²) in [5.74, 6) is 1.24. The van der Waals surface area contributed by atoms with Gasteiger partial charge in [-0.1, -0.05) is 31.9 Å². The number of phenolic OH excluding ortho intramolecular Hbond substituents is 1. The van der Waals surface area contributed by atoms with Crippen LogP contribution in [-0.4, -0.2) is 23.3 Å². The number of halogens is 2. The zero-order valence-electron chi connectivity index (χ0n) is 15.0. The van der Waals surface area contributed by atoms with Crippen LogP contribution in [0.4, 0.5) is 0 Å². The lowest BCUT2D eigenvalue weighted by atomic mass is 10.1. The third kappa shape index (κ3) is 8.15. The molecule has 6 heteroatoms. The number of hydrogen-bond donors (Lipinski definition) is 1. The normalized spacial score (nSPS) is 9.88. The molecule has 0 heterocycles. The maximum atomic E-state index is 11.0. The lowest BCUT2D eigenvalue weighted by Crippen LogP contribution is -1.99. The topological polar surface area (TPSA) is 63.6 Å². The van der Waals surface area contributed by atoms with E-state index in [9.17, 15) is 9.59 Å². The van der Waals surface area contributed by atoms with Crippen LogP contribution in [0.15, 0.2) is 45.3 Å². The Kier molecular flexibility index (Phi) is 9.59. The molecule has 0 fully saturated rings. The molecule has 0 amide bonds. The summed E-state index contributed by atoms with van der Waals surface area (Å²) in [4.78, 5) is 21.7. The third-order valence-electron chi connectivity index (χ3n) is 3.24. The van der Waals surface area contributed by atoms with Crippen LogP contribution < -0.4 is 4.74 Å². The maximum Gasteiger partial charge on any atom is 0.134 e. The molecule has 0 aromatic heterocycles. The van der Waals surface area contributed by atoms with Crippen LogP contribution in [0.2, 0.25) is 0 Å². The zero-order valence-corrected chi connectivity index (χ0v) is 18.2. The van der Waals surface area contributed by atoms with Gasteiger partial charge in [0.05, 0.1) is 6.61 Å². The monoisotopic (exact) mass is 484 g/mol. The predicted octanol–water partition coefficient (Wildman–Crippen LogP) is 5.27. The second-order valence-corrected chi connectivity index (χ2v) is 7.43. The molecule has 0 aliphatic rings. The smallest absolute Gasteiger partial charge is 0.134 e. The van der Waals surface area contributed by atoms with E-state index in [0.717, 1.165) is 25.8 Å². The van der Waals surface area contributed by atoms with Crippen molar-refractivity contribution in [3.05, 3.63) is 56.5 Å². The highest BCUT2D eigenvalue weighted by Crippen LogP contribution is 2.23. The Hall–Kier alpha value is -1.66. The Balaban J connectivity index is 0.000000263. The molecule has 1 N–H and O–H groups in total. The van der Waals surface area contributed by atoms with Gasteiger partial charge in [-0.05, 0) is 68.3 Å². The number of ketones is 2. The molecular weight excluding hydrogens is 464 g/mol. The fourth-order valence-corrected chi connectivity index (χ4v) is 2.95. The molecule has 0 saturated heterocycles. The SMILES string of the molecule is CC(=O)Cc1cc(O)ccc1Br.CCOc1ccc(Br)c(CC(C)=O)c1. The molecule has 2 aromatic rings. The van der Waals surface area contributed by atoms with Gasteiger partial charge in [0.15, 0.2) is 0 Å². The molecule has 4 nitrogen and oxygen atoms in total. The fraction of sp³-hybridized carbons (Fsp3) is 0.300. The van der Waals surface area contributed by atoms with Gasteiger partial charge in [-0.2, -0.15) is 0 Å². The summed E-state index contributed by atoms with van der Waals surface area (Å²) in [6.45, 7) is 5.68. The highest BCUT2D eigenvalue weighted by atomic mass is 79.9. The van der Waals surface area contributed by atoms with Crippen molar-refractivity contribution in [2.45, 2.75) is 33.6 Å². The van der Waals surface area contributed by atoms with Gasteiger partial charge < -0.3 is 9.84 Å². The molecule has 2 rings (SSSR count). The van der Waals surface area contributed by atoms with E-state index in [1.165, 1.54) is 6.92 Å². The number of Topliss-reactive ketones (excluding diaryl/α,β-unsaturated/α-hetero) is 2. The first-order valence-electron chi connectivity index (χ1n) is 8.10. The minimum absolute atomic E-state index is 0.0845. The van der Waals surface area contributed by atoms with Crippen molar-refractivity contribution in [2.75, 3.05) is 6.61 Å². The Bertz CT molecular complexity index is 772. The molecule has 26 heavy (non-hydrogen) atoms. The van der Waals surface area contributed by atoms with E-state index in [1.807, 2.05) is 25.1 Å². The van der Waals surface area contributed by atoms with Gasteiger partial charge in [0.2, 0.25) is 0 Å². The van der Waals surface area contributed by atoms with E-state index in [2.05, 4.69) is 31.9 Å². The molecule has 0 spiro atoms. The Labute approximate surface area is 170 Å². The van der Waals surface area contributed by atoms with Crippen molar-refractivity contribution < 1.29 is 19.4 Å². The highest BCUT2D eigenvalue weighted by Gasteiger charge is 2.05. The lowest BCUT2D eigenvalue weighted by Gasteiger charge is -2.06. The standard InChI is InChI=1S/C11H13BrO2.C9H9BrO2/c1-3-14-10-4-5-11(12)9(7-10)6-8(2)13;1-6(11)4-7-5-8(12)2-3-9(7)10/h4-5,7H,3,6H2,1-2H3;2-3,5,12H,4H2,1H3. The highest BCUT2D eigenvalue weighted by molar-refractivity contribution is 9.10. The van der Waals surface area contributed by atoms with Crippen LogP contribution in [0.5, 0.6) is 11.5 Å². The van der Waals surface area contributed by atoms with Crippen LogP contribution in [0.25, 0.3) is 0 Å². The van der Waals surface area contributed by atoms with E-state index in [-0.39, 0.29) is 17.3 Å². The van der Waals surface area contributed by atoms with Crippen LogP contribution >= 0.6 is 31.9 Å². The summed E-state index contributed by atoms with van der Waals surface area (Å²) in [6.07, 6.45) is 0.802. The van der Waals surface area contributed by atoms with Crippen molar-refractivity contribution in [1.29, 1.82) is 0 Å². The molecule has 0 saturated carbocycles. The third-order valence-corrected chi connectivity index (χ3v) is 4.78. The summed E-state index contributed by atoms with van der Waals surface area (Å²) < 4.78 is 7.16. The number of ether oxygens (including phenoxy) is 1. The van der Waals surface area contributed by atoms with Crippen molar-refractivity contribution in [2.24, 2.45) is 0 Å². The van der Waals surface area contributed by atoms with Gasteiger partial charge in [-0.3, -0.25) is 9.59 Å². The van der Waals surface area contributed by atoms with Crippen molar-refractivity contribution in [1.82, 2.24) is 0 Å². The van der Waals surface area contributed by atoms with Crippen molar-refractivity contribution in [3.8, 4) is 11.5 Å². The van der Waals surface area contributed by atoms with E-state index >= 15 is 0 Å². The van der Waals surface area contributed by atoms with Crippen LogP contribution in [0.3, 0.4) is 0 Å². The largest absolute Gasteiger partial charge is 0.508 e. The van der Waals surface area contributed by atoms with Gasteiger partial charge in [0.1, 0.15) is 23.1 Å². The summed E-state index contributed by atoms with van der Waals surface area (Å²) in [6, 6.07) is 10.6. The number of hydrogen-bond acceptors (Lipinski definition) is 4. The number of benzene rings is 2. The van der Waals surface area contributed by atoms with Crippen LogP contribution in [0, 0.1) is 0 Å². The number of carbonyl (C=O) groups excluding carboxylic acids is 2.